The molecule has 3 rings (SSSR count). The predicted molar refractivity (Wildman–Crippen MR) is 96.6 cm³/mol. The molecule has 126 valence electrons. The smallest absolute Gasteiger partial charge is 0.240 e. The van der Waals surface area contributed by atoms with Gasteiger partial charge in [-0.25, -0.2) is 13.1 Å². The summed E-state index contributed by atoms with van der Waals surface area (Å²) in [7, 11) is -3.51. The average Bonchev–Trinajstić information content (AvgIpc) is 3.20. The Bertz CT molecular complexity index is 929. The maximum Gasteiger partial charge on any atom is 0.240 e. The molecule has 0 atom stereocenters. The second-order valence-electron chi connectivity index (χ2n) is 5.64. The molecule has 0 unspecified atom stereocenters. The third kappa shape index (κ3) is 3.75. The van der Waals surface area contributed by atoms with Crippen LogP contribution in [0.3, 0.4) is 0 Å². The standard InChI is InChI=1S/C17H19N3O2S2/c1-13-3-4-14(2)17(11-13)24(21,22)18-7-9-20-8-5-16(19-20)15-6-10-23-12-15/h3-6,8,10-12,18H,7,9H2,1-2H3. The lowest BCUT2D eigenvalue weighted by atomic mass is 10.2. The monoisotopic (exact) mass is 361 g/mol. The van der Waals surface area contributed by atoms with E-state index in [1.165, 1.54) is 0 Å². The summed E-state index contributed by atoms with van der Waals surface area (Å²) in [5.41, 5.74) is 3.64. The number of rotatable bonds is 6. The van der Waals surface area contributed by atoms with Gasteiger partial charge < -0.3 is 0 Å². The number of aromatic nitrogens is 2. The van der Waals surface area contributed by atoms with Crippen molar-refractivity contribution in [1.29, 1.82) is 0 Å². The number of nitrogens with zero attached hydrogens (tertiary/aromatic N) is 2. The van der Waals surface area contributed by atoms with Gasteiger partial charge in [0.15, 0.2) is 0 Å². The molecule has 0 amide bonds. The Morgan fingerprint density at radius 2 is 2.04 bits per heavy atom. The molecule has 1 aromatic carbocycles. The zero-order valence-corrected chi connectivity index (χ0v) is 15.2. The number of thiophene rings is 1. The van der Waals surface area contributed by atoms with Crippen molar-refractivity contribution in [3.63, 3.8) is 0 Å². The van der Waals surface area contributed by atoms with Crippen LogP contribution in [0, 0.1) is 13.8 Å². The molecule has 24 heavy (non-hydrogen) atoms. The third-order valence-corrected chi connectivity index (χ3v) is 6.01. The molecule has 0 aliphatic rings. The van der Waals surface area contributed by atoms with Crippen LogP contribution in [-0.2, 0) is 16.6 Å². The molecule has 0 saturated heterocycles. The fraction of sp³-hybridized carbons (Fsp3) is 0.235. The first-order valence-electron chi connectivity index (χ1n) is 7.59. The minimum absolute atomic E-state index is 0.292. The van der Waals surface area contributed by atoms with Crippen LogP contribution in [0.5, 0.6) is 0 Å². The summed E-state index contributed by atoms with van der Waals surface area (Å²) in [6, 6.07) is 9.37. The number of sulfonamides is 1. The Morgan fingerprint density at radius 3 is 2.79 bits per heavy atom. The van der Waals surface area contributed by atoms with Crippen molar-refractivity contribution in [2.24, 2.45) is 0 Å². The Hall–Kier alpha value is -1.96. The molecule has 2 heterocycles. The summed E-state index contributed by atoms with van der Waals surface area (Å²) in [6.45, 7) is 4.46. The highest BCUT2D eigenvalue weighted by Crippen LogP contribution is 2.19. The molecule has 0 spiro atoms. The van der Waals surface area contributed by atoms with Gasteiger partial charge in [0.2, 0.25) is 10.0 Å². The van der Waals surface area contributed by atoms with Gasteiger partial charge in [-0.15, -0.1) is 0 Å². The van der Waals surface area contributed by atoms with Gasteiger partial charge in [-0.2, -0.15) is 16.4 Å². The van der Waals surface area contributed by atoms with E-state index in [9.17, 15) is 8.42 Å². The lowest BCUT2D eigenvalue weighted by Crippen LogP contribution is -2.28. The van der Waals surface area contributed by atoms with Crippen LogP contribution in [-0.4, -0.2) is 24.7 Å². The van der Waals surface area contributed by atoms with E-state index in [1.807, 2.05) is 48.1 Å². The molecule has 7 heteroatoms. The minimum atomic E-state index is -3.51. The fourth-order valence-corrected chi connectivity index (χ4v) is 4.42. The van der Waals surface area contributed by atoms with Crippen molar-refractivity contribution < 1.29 is 8.42 Å². The average molecular weight is 361 g/mol. The third-order valence-electron chi connectivity index (χ3n) is 3.72. The molecule has 3 aromatic rings. The van der Waals surface area contributed by atoms with Crippen molar-refractivity contribution in [3.8, 4) is 11.3 Å². The molecule has 2 aromatic heterocycles. The highest BCUT2D eigenvalue weighted by atomic mass is 32.2. The van der Waals surface area contributed by atoms with Crippen LogP contribution in [0.25, 0.3) is 11.3 Å². The van der Waals surface area contributed by atoms with Crippen molar-refractivity contribution in [2.75, 3.05) is 6.54 Å². The normalized spacial score (nSPS) is 11.8. The molecule has 1 N–H and O–H groups in total. The van der Waals surface area contributed by atoms with Crippen molar-refractivity contribution in [2.45, 2.75) is 25.3 Å². The number of aryl methyl sites for hydroxylation is 2. The highest BCUT2D eigenvalue weighted by Gasteiger charge is 2.16. The fourth-order valence-electron chi connectivity index (χ4n) is 2.42. The zero-order valence-electron chi connectivity index (χ0n) is 13.6. The van der Waals surface area contributed by atoms with Gasteiger partial charge in [0.25, 0.3) is 0 Å². The van der Waals surface area contributed by atoms with Crippen LogP contribution in [0.4, 0.5) is 0 Å². The summed E-state index contributed by atoms with van der Waals surface area (Å²) in [5, 5.41) is 8.51. The first-order chi connectivity index (χ1) is 11.5. The molecule has 0 saturated carbocycles. The van der Waals surface area contributed by atoms with Gasteiger partial charge in [-0.05, 0) is 48.6 Å². The van der Waals surface area contributed by atoms with Gasteiger partial charge in [-0.3, -0.25) is 4.68 Å². The topological polar surface area (TPSA) is 64.0 Å². The van der Waals surface area contributed by atoms with Gasteiger partial charge in [0.05, 0.1) is 17.1 Å². The second kappa shape index (κ2) is 6.88. The number of hydrogen-bond donors (Lipinski definition) is 1. The first-order valence-corrected chi connectivity index (χ1v) is 10.0. The molecule has 5 nitrogen and oxygen atoms in total. The summed E-state index contributed by atoms with van der Waals surface area (Å²) in [5.74, 6) is 0. The van der Waals surface area contributed by atoms with E-state index in [1.54, 1.807) is 29.0 Å². The first kappa shape index (κ1) is 16.9. The summed E-state index contributed by atoms with van der Waals surface area (Å²) in [4.78, 5) is 0.335. The molecule has 0 radical (unpaired) electrons. The Labute approximate surface area is 146 Å². The molecule has 0 bridgehead atoms. The minimum Gasteiger partial charge on any atom is -0.271 e. The SMILES string of the molecule is Cc1ccc(C)c(S(=O)(=O)NCCn2ccc(-c3ccsc3)n2)c1. The van der Waals surface area contributed by atoms with Crippen LogP contribution in [0.15, 0.2) is 52.2 Å². The van der Waals surface area contributed by atoms with E-state index in [0.717, 1.165) is 22.4 Å². The van der Waals surface area contributed by atoms with Crippen LogP contribution in [0.2, 0.25) is 0 Å². The van der Waals surface area contributed by atoms with E-state index >= 15 is 0 Å². The number of benzene rings is 1. The van der Waals surface area contributed by atoms with Crippen molar-refractivity contribution in [3.05, 3.63) is 58.4 Å². The predicted octanol–water partition coefficient (Wildman–Crippen LogP) is 3.21. The van der Waals surface area contributed by atoms with Crippen LogP contribution in [0.1, 0.15) is 11.1 Å². The maximum absolute atomic E-state index is 12.4. The number of nitrogens with one attached hydrogen (secondary N) is 1. The summed E-state index contributed by atoms with van der Waals surface area (Å²) < 4.78 is 29.3. The lowest BCUT2D eigenvalue weighted by Gasteiger charge is -2.10. The molecule has 0 fully saturated rings. The lowest BCUT2D eigenvalue weighted by molar-refractivity contribution is 0.561. The quantitative estimate of drug-likeness (QED) is 0.733. The van der Waals surface area contributed by atoms with E-state index in [2.05, 4.69) is 9.82 Å². The van der Waals surface area contributed by atoms with Crippen LogP contribution < -0.4 is 4.72 Å². The molecule has 0 aliphatic carbocycles. The van der Waals surface area contributed by atoms with Crippen molar-refractivity contribution >= 4 is 21.4 Å². The zero-order chi connectivity index (χ0) is 17.2. The van der Waals surface area contributed by atoms with E-state index in [-0.39, 0.29) is 0 Å². The van der Waals surface area contributed by atoms with Crippen LogP contribution >= 0.6 is 11.3 Å². The Kier molecular flexibility index (Phi) is 4.84. The highest BCUT2D eigenvalue weighted by molar-refractivity contribution is 7.89. The van der Waals surface area contributed by atoms with E-state index in [0.29, 0.717) is 18.0 Å². The van der Waals surface area contributed by atoms with Gasteiger partial charge in [0.1, 0.15) is 0 Å². The molecular weight excluding hydrogens is 342 g/mol. The van der Waals surface area contributed by atoms with Gasteiger partial charge >= 0.3 is 0 Å². The molecular formula is C17H19N3O2S2. The Balaban J connectivity index is 1.64. The summed E-state index contributed by atoms with van der Waals surface area (Å²) in [6.07, 6.45) is 1.86. The second-order valence-corrected chi connectivity index (χ2v) is 8.16. The van der Waals surface area contributed by atoms with Gasteiger partial charge in [-0.1, -0.05) is 12.1 Å². The van der Waals surface area contributed by atoms with Crippen molar-refractivity contribution in [1.82, 2.24) is 14.5 Å². The largest absolute Gasteiger partial charge is 0.271 e. The van der Waals surface area contributed by atoms with E-state index in [4.69, 9.17) is 0 Å². The Morgan fingerprint density at radius 1 is 1.21 bits per heavy atom. The maximum atomic E-state index is 12.4. The summed E-state index contributed by atoms with van der Waals surface area (Å²) >= 11 is 1.62. The number of hydrogen-bond acceptors (Lipinski definition) is 4. The molecule has 0 aliphatic heterocycles. The van der Waals surface area contributed by atoms with Gasteiger partial charge in [0, 0.05) is 23.7 Å². The van der Waals surface area contributed by atoms with E-state index < -0.39 is 10.0 Å².